The third kappa shape index (κ3) is 6.26. The molecule has 1 aliphatic rings. The fourth-order valence-corrected chi connectivity index (χ4v) is 2.77. The molecule has 3 amide bonds. The highest BCUT2D eigenvalue weighted by atomic mass is 16.3. The Morgan fingerprint density at radius 2 is 1.84 bits per heavy atom. The Morgan fingerprint density at radius 3 is 2.48 bits per heavy atom. The van der Waals surface area contributed by atoms with Crippen molar-refractivity contribution in [1.82, 2.24) is 15.5 Å². The number of hydrogen-bond donors (Lipinski definition) is 3. The highest BCUT2D eigenvalue weighted by Crippen LogP contribution is 2.27. The average molecular weight is 348 g/mol. The van der Waals surface area contributed by atoms with Gasteiger partial charge in [-0.25, -0.2) is 4.79 Å². The predicted octanol–water partition coefficient (Wildman–Crippen LogP) is 1.39. The van der Waals surface area contributed by atoms with Gasteiger partial charge < -0.3 is 15.3 Å². The topological polar surface area (TPSA) is 84.9 Å². The van der Waals surface area contributed by atoms with Crippen LogP contribution in [-0.2, 0) is 4.79 Å². The second kappa shape index (κ2) is 9.27. The number of amides is 3. The van der Waals surface area contributed by atoms with Gasteiger partial charge in [0.1, 0.15) is 5.75 Å². The zero-order chi connectivity index (χ0) is 18.2. The van der Waals surface area contributed by atoms with E-state index in [2.05, 4.69) is 29.4 Å². The van der Waals surface area contributed by atoms with Crippen LogP contribution in [-0.4, -0.2) is 61.2 Å². The number of phenolic OH excluding ortho intramolecular Hbond substituents is 1. The van der Waals surface area contributed by atoms with Gasteiger partial charge in [-0.1, -0.05) is 26.0 Å². The molecule has 3 N–H and O–H groups in total. The fraction of sp³-hybridized carbons (Fsp3) is 0.556. The average Bonchev–Trinajstić information content (AvgIpc) is 2.55. The second-order valence-electron chi connectivity index (χ2n) is 6.74. The molecule has 1 saturated heterocycles. The summed E-state index contributed by atoms with van der Waals surface area (Å²) in [5.74, 6) is 0.487. The van der Waals surface area contributed by atoms with E-state index in [4.69, 9.17) is 0 Å². The minimum absolute atomic E-state index is 0.201. The number of nitrogens with zero attached hydrogens (tertiary/aromatic N) is 2. The van der Waals surface area contributed by atoms with E-state index in [0.29, 0.717) is 25.6 Å². The highest BCUT2D eigenvalue weighted by molar-refractivity contribution is 5.95. The van der Waals surface area contributed by atoms with Gasteiger partial charge in [0.25, 0.3) is 0 Å². The zero-order valence-electron chi connectivity index (χ0n) is 15.0. The van der Waals surface area contributed by atoms with Crippen molar-refractivity contribution in [2.24, 2.45) is 5.92 Å². The molecule has 1 aromatic carbocycles. The standard InChI is InChI=1S/C18H28N4O3/c1-14(2)7-8-19-18(25)20-17(24)13-21-9-11-22(12-10-21)15-5-3-4-6-16(15)23/h3-6,14,23H,7-13H2,1-2H3,(H2,19,20,24,25). The van der Waals surface area contributed by atoms with Gasteiger partial charge in [-0.05, 0) is 24.5 Å². The summed E-state index contributed by atoms with van der Waals surface area (Å²) < 4.78 is 0. The maximum absolute atomic E-state index is 12.0. The summed E-state index contributed by atoms with van der Waals surface area (Å²) in [7, 11) is 0. The first-order valence-electron chi connectivity index (χ1n) is 8.78. The molecule has 0 bridgehead atoms. The number of imide groups is 1. The van der Waals surface area contributed by atoms with Crippen LogP contribution in [0.5, 0.6) is 5.75 Å². The normalized spacial score (nSPS) is 15.2. The number of rotatable bonds is 6. The van der Waals surface area contributed by atoms with Gasteiger partial charge >= 0.3 is 6.03 Å². The van der Waals surface area contributed by atoms with Crippen LogP contribution in [0.3, 0.4) is 0 Å². The lowest BCUT2D eigenvalue weighted by Gasteiger charge is -2.35. The number of benzene rings is 1. The Labute approximate surface area is 149 Å². The van der Waals surface area contributed by atoms with E-state index in [1.54, 1.807) is 12.1 Å². The summed E-state index contributed by atoms with van der Waals surface area (Å²) in [6.07, 6.45) is 0.885. The van der Waals surface area contributed by atoms with E-state index in [1.165, 1.54) is 0 Å². The number of anilines is 1. The first-order valence-corrected chi connectivity index (χ1v) is 8.78. The summed E-state index contributed by atoms with van der Waals surface area (Å²) in [6.45, 7) is 7.80. The van der Waals surface area contributed by atoms with Crippen molar-refractivity contribution in [3.63, 3.8) is 0 Å². The first kappa shape index (κ1) is 19.1. The minimum atomic E-state index is -0.432. The van der Waals surface area contributed by atoms with E-state index in [9.17, 15) is 14.7 Å². The number of urea groups is 1. The lowest BCUT2D eigenvalue weighted by atomic mass is 10.1. The van der Waals surface area contributed by atoms with Crippen LogP contribution in [0.25, 0.3) is 0 Å². The maximum Gasteiger partial charge on any atom is 0.321 e. The van der Waals surface area contributed by atoms with Crippen LogP contribution >= 0.6 is 0 Å². The lowest BCUT2D eigenvalue weighted by Crippen LogP contribution is -2.51. The van der Waals surface area contributed by atoms with Gasteiger partial charge in [-0.3, -0.25) is 15.0 Å². The molecule has 7 nitrogen and oxygen atoms in total. The van der Waals surface area contributed by atoms with E-state index >= 15 is 0 Å². The zero-order valence-corrected chi connectivity index (χ0v) is 15.0. The summed E-state index contributed by atoms with van der Waals surface area (Å²) in [5, 5.41) is 15.0. The molecule has 2 rings (SSSR count). The molecule has 7 heteroatoms. The van der Waals surface area contributed by atoms with Crippen molar-refractivity contribution in [3.8, 4) is 5.75 Å². The summed E-state index contributed by atoms with van der Waals surface area (Å²) in [6, 6.07) is 6.82. The minimum Gasteiger partial charge on any atom is -0.506 e. The van der Waals surface area contributed by atoms with Crippen LogP contribution in [0, 0.1) is 5.92 Å². The molecular formula is C18H28N4O3. The Bertz CT molecular complexity index is 583. The number of piperazine rings is 1. The third-order valence-electron chi connectivity index (χ3n) is 4.22. The van der Waals surface area contributed by atoms with Gasteiger partial charge in [-0.2, -0.15) is 0 Å². The number of carbonyl (C=O) groups excluding carboxylic acids is 2. The monoisotopic (exact) mass is 348 g/mol. The Balaban J connectivity index is 1.70. The Kier molecular flexibility index (Phi) is 7.06. The molecule has 0 aromatic heterocycles. The largest absolute Gasteiger partial charge is 0.506 e. The predicted molar refractivity (Wildman–Crippen MR) is 97.8 cm³/mol. The maximum atomic E-state index is 12.0. The number of carbonyl (C=O) groups is 2. The molecule has 138 valence electrons. The molecule has 1 aromatic rings. The van der Waals surface area contributed by atoms with Gasteiger partial charge in [-0.15, -0.1) is 0 Å². The van der Waals surface area contributed by atoms with Crippen molar-refractivity contribution < 1.29 is 14.7 Å². The Hall–Kier alpha value is -2.28. The van der Waals surface area contributed by atoms with E-state index < -0.39 is 6.03 Å². The van der Waals surface area contributed by atoms with E-state index in [-0.39, 0.29) is 18.2 Å². The van der Waals surface area contributed by atoms with Crippen LogP contribution in [0.15, 0.2) is 24.3 Å². The quantitative estimate of drug-likeness (QED) is 0.723. The molecular weight excluding hydrogens is 320 g/mol. The van der Waals surface area contributed by atoms with Crippen LogP contribution in [0.2, 0.25) is 0 Å². The lowest BCUT2D eigenvalue weighted by molar-refractivity contribution is -0.121. The fourth-order valence-electron chi connectivity index (χ4n) is 2.77. The Morgan fingerprint density at radius 1 is 1.16 bits per heavy atom. The summed E-state index contributed by atoms with van der Waals surface area (Å²) in [5.41, 5.74) is 0.816. The van der Waals surface area contributed by atoms with Crippen molar-refractivity contribution >= 4 is 17.6 Å². The van der Waals surface area contributed by atoms with Gasteiger partial charge in [0.05, 0.1) is 12.2 Å². The SMILES string of the molecule is CC(C)CCNC(=O)NC(=O)CN1CCN(c2ccccc2O)CC1. The number of nitrogens with one attached hydrogen (secondary N) is 2. The summed E-state index contributed by atoms with van der Waals surface area (Å²) in [4.78, 5) is 27.7. The van der Waals surface area contributed by atoms with Crippen LogP contribution in [0.4, 0.5) is 10.5 Å². The number of phenols is 1. The molecule has 1 fully saturated rings. The summed E-state index contributed by atoms with van der Waals surface area (Å²) >= 11 is 0. The van der Waals surface area contributed by atoms with Gasteiger partial charge in [0, 0.05) is 32.7 Å². The third-order valence-corrected chi connectivity index (χ3v) is 4.22. The van der Waals surface area contributed by atoms with Gasteiger partial charge in [0.15, 0.2) is 0 Å². The van der Waals surface area contributed by atoms with Crippen molar-refractivity contribution in [3.05, 3.63) is 24.3 Å². The highest BCUT2D eigenvalue weighted by Gasteiger charge is 2.21. The van der Waals surface area contributed by atoms with E-state index in [0.717, 1.165) is 25.2 Å². The van der Waals surface area contributed by atoms with Gasteiger partial charge in [0.2, 0.25) is 5.91 Å². The molecule has 25 heavy (non-hydrogen) atoms. The molecule has 0 radical (unpaired) electrons. The second-order valence-corrected chi connectivity index (χ2v) is 6.74. The molecule has 1 heterocycles. The molecule has 0 unspecified atom stereocenters. The molecule has 1 aliphatic heterocycles. The van der Waals surface area contributed by atoms with Crippen molar-refractivity contribution in [2.45, 2.75) is 20.3 Å². The van der Waals surface area contributed by atoms with Crippen LogP contribution in [0.1, 0.15) is 20.3 Å². The smallest absolute Gasteiger partial charge is 0.321 e. The van der Waals surface area contributed by atoms with Crippen LogP contribution < -0.4 is 15.5 Å². The molecule has 0 spiro atoms. The molecule has 0 saturated carbocycles. The van der Waals surface area contributed by atoms with E-state index in [1.807, 2.05) is 17.0 Å². The molecule has 0 aliphatic carbocycles. The number of aromatic hydroxyl groups is 1. The number of hydrogen-bond acceptors (Lipinski definition) is 5. The first-order chi connectivity index (χ1) is 12.0. The van der Waals surface area contributed by atoms with Crippen molar-refractivity contribution in [1.29, 1.82) is 0 Å². The number of para-hydroxylation sites is 2. The molecule has 0 atom stereocenters. The van der Waals surface area contributed by atoms with Crippen molar-refractivity contribution in [2.75, 3.05) is 44.2 Å².